The molecular weight excluding hydrogens is 336 g/mol. The summed E-state index contributed by atoms with van der Waals surface area (Å²) in [5.74, 6) is 1.49. The van der Waals surface area contributed by atoms with Crippen molar-refractivity contribution in [3.63, 3.8) is 0 Å². The van der Waals surface area contributed by atoms with Crippen LogP contribution < -0.4 is 5.73 Å². The molecule has 0 bridgehead atoms. The number of nitrogens with two attached hydrogens (primary N) is 1. The van der Waals surface area contributed by atoms with E-state index in [9.17, 15) is 0 Å². The summed E-state index contributed by atoms with van der Waals surface area (Å²) in [5.41, 5.74) is 11.4. The Morgan fingerprint density at radius 1 is 1.04 bits per heavy atom. The predicted octanol–water partition coefficient (Wildman–Crippen LogP) is 4.75. The molecule has 0 spiro atoms. The molecule has 138 valence electrons. The van der Waals surface area contributed by atoms with E-state index in [4.69, 9.17) is 15.5 Å². The number of ether oxygens (including phenoxy) is 1. The second kappa shape index (κ2) is 7.99. The Balaban J connectivity index is 2.11. The van der Waals surface area contributed by atoms with Crippen molar-refractivity contribution in [1.82, 2.24) is 9.97 Å². The van der Waals surface area contributed by atoms with E-state index in [0.29, 0.717) is 23.2 Å². The van der Waals surface area contributed by atoms with Gasteiger partial charge in [0, 0.05) is 12.6 Å². The van der Waals surface area contributed by atoms with Crippen molar-refractivity contribution in [2.75, 3.05) is 12.8 Å². The molecule has 0 amide bonds. The van der Waals surface area contributed by atoms with Gasteiger partial charge in [0.15, 0.2) is 11.6 Å². The molecule has 27 heavy (non-hydrogen) atoms. The first-order chi connectivity index (χ1) is 13.0. The second-order valence-electron chi connectivity index (χ2n) is 6.35. The average molecular weight is 360 g/mol. The van der Waals surface area contributed by atoms with Crippen LogP contribution in [0.2, 0.25) is 0 Å². The number of aryl methyl sites for hydroxylation is 1. The first-order valence-electron chi connectivity index (χ1n) is 8.98. The van der Waals surface area contributed by atoms with Gasteiger partial charge in [-0.3, -0.25) is 4.99 Å². The van der Waals surface area contributed by atoms with Crippen LogP contribution in [0.25, 0.3) is 16.8 Å². The summed E-state index contributed by atoms with van der Waals surface area (Å²) in [7, 11) is 1.72. The van der Waals surface area contributed by atoms with Gasteiger partial charge in [-0.15, -0.1) is 0 Å². The van der Waals surface area contributed by atoms with Gasteiger partial charge in [-0.1, -0.05) is 37.3 Å². The van der Waals surface area contributed by atoms with Crippen molar-refractivity contribution in [1.29, 1.82) is 0 Å². The zero-order chi connectivity index (χ0) is 19.4. The van der Waals surface area contributed by atoms with Gasteiger partial charge in [0.1, 0.15) is 5.69 Å². The Kier molecular flexibility index (Phi) is 5.50. The lowest BCUT2D eigenvalue weighted by molar-refractivity contribution is 0.498. The molecule has 0 aliphatic rings. The highest BCUT2D eigenvalue weighted by atomic mass is 16.5. The van der Waals surface area contributed by atoms with Crippen molar-refractivity contribution < 1.29 is 4.74 Å². The van der Waals surface area contributed by atoms with Crippen LogP contribution in [0.4, 0.5) is 5.82 Å². The van der Waals surface area contributed by atoms with E-state index in [2.05, 4.69) is 16.9 Å². The van der Waals surface area contributed by atoms with Crippen LogP contribution in [0.3, 0.4) is 0 Å². The van der Waals surface area contributed by atoms with E-state index >= 15 is 0 Å². The average Bonchev–Trinajstić information content (AvgIpc) is 2.69. The molecule has 3 aromatic rings. The van der Waals surface area contributed by atoms with E-state index < -0.39 is 0 Å². The molecule has 0 saturated carbocycles. The summed E-state index contributed by atoms with van der Waals surface area (Å²) < 4.78 is 6.28. The second-order valence-corrected chi connectivity index (χ2v) is 6.35. The maximum atomic E-state index is 6.28. The van der Waals surface area contributed by atoms with Crippen LogP contribution >= 0.6 is 0 Å². The normalized spacial score (nSPS) is 12.8. The SMILES string of the molecule is CCC(C)=C(OC(=NC)c1ccccc1C)c1nc2ccccc2nc1N. The summed E-state index contributed by atoms with van der Waals surface area (Å²) >= 11 is 0. The molecule has 0 fully saturated rings. The number of hydrogen-bond donors (Lipinski definition) is 1. The third-order valence-electron chi connectivity index (χ3n) is 4.51. The maximum Gasteiger partial charge on any atom is 0.222 e. The quantitative estimate of drug-likeness (QED) is 0.414. The van der Waals surface area contributed by atoms with Gasteiger partial charge in [-0.05, 0) is 49.6 Å². The van der Waals surface area contributed by atoms with Crippen LogP contribution in [-0.2, 0) is 4.74 Å². The van der Waals surface area contributed by atoms with Gasteiger partial charge in [-0.2, -0.15) is 0 Å². The standard InChI is InChI=1S/C22H24N4O/c1-5-14(2)20(27-22(24-4)16-11-7-6-10-15(16)3)19-21(23)26-18-13-9-8-12-17(18)25-19/h6-13H,5H2,1-4H3,(H2,23,26). The smallest absolute Gasteiger partial charge is 0.222 e. The molecule has 3 rings (SSSR count). The number of fused-ring (bicyclic) bond motifs is 1. The molecule has 0 aliphatic carbocycles. The van der Waals surface area contributed by atoms with E-state index in [1.54, 1.807) is 7.05 Å². The minimum atomic E-state index is 0.344. The van der Waals surface area contributed by atoms with Crippen LogP contribution in [0.15, 0.2) is 59.1 Å². The number of nitrogens with zero attached hydrogens (tertiary/aromatic N) is 3. The van der Waals surface area contributed by atoms with Crippen LogP contribution in [0, 0.1) is 6.92 Å². The number of rotatable bonds is 4. The van der Waals surface area contributed by atoms with E-state index in [1.165, 1.54) is 0 Å². The van der Waals surface area contributed by atoms with E-state index in [-0.39, 0.29) is 0 Å². The number of hydrogen-bond acceptors (Lipinski definition) is 5. The van der Waals surface area contributed by atoms with E-state index in [1.807, 2.05) is 62.4 Å². The van der Waals surface area contributed by atoms with Gasteiger partial charge < -0.3 is 10.5 Å². The molecular formula is C22H24N4O. The van der Waals surface area contributed by atoms with Crippen LogP contribution in [-0.4, -0.2) is 22.9 Å². The highest BCUT2D eigenvalue weighted by Gasteiger charge is 2.19. The largest absolute Gasteiger partial charge is 0.436 e. The molecule has 2 N–H and O–H groups in total. The lowest BCUT2D eigenvalue weighted by atomic mass is 10.1. The summed E-state index contributed by atoms with van der Waals surface area (Å²) in [6, 6.07) is 15.6. The minimum Gasteiger partial charge on any atom is -0.436 e. The fraction of sp³-hybridized carbons (Fsp3) is 0.227. The number of nitrogen functional groups attached to an aromatic ring is 1. The fourth-order valence-corrected chi connectivity index (χ4v) is 2.81. The molecule has 0 aliphatic heterocycles. The molecule has 5 heteroatoms. The molecule has 0 unspecified atom stereocenters. The molecule has 2 aromatic carbocycles. The van der Waals surface area contributed by atoms with Gasteiger partial charge >= 0.3 is 0 Å². The third-order valence-corrected chi connectivity index (χ3v) is 4.51. The third kappa shape index (κ3) is 3.82. The zero-order valence-electron chi connectivity index (χ0n) is 16.2. The minimum absolute atomic E-state index is 0.344. The first kappa shape index (κ1) is 18.6. The Hall–Kier alpha value is -3.21. The lowest BCUT2D eigenvalue weighted by Gasteiger charge is -2.17. The molecule has 0 radical (unpaired) electrons. The van der Waals surface area contributed by atoms with Gasteiger partial charge in [0.2, 0.25) is 5.90 Å². The van der Waals surface area contributed by atoms with Crippen LogP contribution in [0.1, 0.15) is 37.1 Å². The summed E-state index contributed by atoms with van der Waals surface area (Å²) in [6.45, 7) is 6.11. The predicted molar refractivity (Wildman–Crippen MR) is 112 cm³/mol. The molecule has 1 heterocycles. The number of allylic oxidation sites excluding steroid dienone is 1. The molecule has 5 nitrogen and oxygen atoms in total. The summed E-state index contributed by atoms with van der Waals surface area (Å²) in [6.07, 6.45) is 0.800. The highest BCUT2D eigenvalue weighted by molar-refractivity contribution is 5.99. The number of aromatic nitrogens is 2. The van der Waals surface area contributed by atoms with Crippen molar-refractivity contribution in [3.05, 3.63) is 70.9 Å². The van der Waals surface area contributed by atoms with Gasteiger partial charge in [0.05, 0.1) is 11.0 Å². The van der Waals surface area contributed by atoms with E-state index in [0.717, 1.165) is 34.2 Å². The zero-order valence-corrected chi connectivity index (χ0v) is 16.2. The van der Waals surface area contributed by atoms with Crippen molar-refractivity contribution in [3.8, 4) is 0 Å². The molecule has 0 atom stereocenters. The maximum absolute atomic E-state index is 6.28. The molecule has 0 saturated heterocycles. The van der Waals surface area contributed by atoms with Crippen molar-refractivity contribution in [2.24, 2.45) is 4.99 Å². The highest BCUT2D eigenvalue weighted by Crippen LogP contribution is 2.28. The molecule has 1 aromatic heterocycles. The van der Waals surface area contributed by atoms with Crippen molar-refractivity contribution >= 4 is 28.5 Å². The summed E-state index contributed by atoms with van der Waals surface area (Å²) in [4.78, 5) is 13.6. The summed E-state index contributed by atoms with van der Waals surface area (Å²) in [5, 5.41) is 0. The number of anilines is 1. The van der Waals surface area contributed by atoms with Crippen molar-refractivity contribution in [2.45, 2.75) is 27.2 Å². The number of para-hydroxylation sites is 2. The Morgan fingerprint density at radius 2 is 1.67 bits per heavy atom. The first-order valence-corrected chi connectivity index (χ1v) is 8.98. The lowest BCUT2D eigenvalue weighted by Crippen LogP contribution is -2.12. The van der Waals surface area contributed by atoms with Crippen LogP contribution in [0.5, 0.6) is 0 Å². The number of aliphatic imine (C=N–C) groups is 1. The Bertz CT molecular complexity index is 1040. The van der Waals surface area contributed by atoms with Gasteiger partial charge in [-0.25, -0.2) is 9.97 Å². The van der Waals surface area contributed by atoms with Gasteiger partial charge in [0.25, 0.3) is 0 Å². The number of benzene rings is 2. The Morgan fingerprint density at radius 3 is 2.30 bits per heavy atom. The topological polar surface area (TPSA) is 73.4 Å². The fourth-order valence-electron chi connectivity index (χ4n) is 2.81. The monoisotopic (exact) mass is 360 g/mol. The Labute approximate surface area is 159 Å².